The zero-order chi connectivity index (χ0) is 15.6. The van der Waals surface area contributed by atoms with Gasteiger partial charge in [0.15, 0.2) is 0 Å². The fraction of sp³-hybridized carbons (Fsp3) is 0.176. The van der Waals surface area contributed by atoms with Crippen LogP contribution in [-0.2, 0) is 0 Å². The molecule has 0 atom stereocenters. The van der Waals surface area contributed by atoms with Crippen LogP contribution in [0, 0.1) is 11.3 Å². The van der Waals surface area contributed by atoms with Gasteiger partial charge >= 0.3 is 0 Å². The Balaban J connectivity index is 1.79. The van der Waals surface area contributed by atoms with Crippen LogP contribution in [-0.4, -0.2) is 28.0 Å². The van der Waals surface area contributed by atoms with Crippen molar-refractivity contribution in [2.75, 3.05) is 23.3 Å². The molecule has 6 nitrogen and oxygen atoms in total. The van der Waals surface area contributed by atoms with Crippen molar-refractivity contribution >= 4 is 28.1 Å². The molecular formula is C17H14N6. The van der Waals surface area contributed by atoms with Crippen LogP contribution in [0.5, 0.6) is 0 Å². The molecule has 2 aromatic heterocycles. The second-order valence-corrected chi connectivity index (χ2v) is 5.42. The lowest BCUT2D eigenvalue weighted by molar-refractivity contribution is 0.620. The summed E-state index contributed by atoms with van der Waals surface area (Å²) in [5, 5.41) is 14.4. The van der Waals surface area contributed by atoms with Gasteiger partial charge in [-0.25, -0.2) is 15.0 Å². The first-order valence-electron chi connectivity index (χ1n) is 7.46. The van der Waals surface area contributed by atoms with Crippen LogP contribution in [0.15, 0.2) is 43.0 Å². The molecule has 0 bridgehead atoms. The van der Waals surface area contributed by atoms with E-state index in [9.17, 15) is 5.26 Å². The molecule has 0 radical (unpaired) electrons. The number of hydrogen-bond acceptors (Lipinski definition) is 6. The van der Waals surface area contributed by atoms with E-state index < -0.39 is 0 Å². The summed E-state index contributed by atoms with van der Waals surface area (Å²) < 4.78 is 0. The molecule has 1 saturated heterocycles. The van der Waals surface area contributed by atoms with Gasteiger partial charge in [-0.1, -0.05) is 0 Å². The van der Waals surface area contributed by atoms with E-state index in [4.69, 9.17) is 0 Å². The monoisotopic (exact) mass is 302 g/mol. The average molecular weight is 302 g/mol. The molecule has 1 fully saturated rings. The molecule has 6 heteroatoms. The number of pyridine rings is 1. The van der Waals surface area contributed by atoms with Gasteiger partial charge < -0.3 is 10.2 Å². The van der Waals surface area contributed by atoms with E-state index in [1.54, 1.807) is 12.3 Å². The number of rotatable bonds is 3. The molecule has 1 aromatic carbocycles. The van der Waals surface area contributed by atoms with E-state index in [0.717, 1.165) is 29.5 Å². The van der Waals surface area contributed by atoms with Gasteiger partial charge in [0.05, 0.1) is 11.6 Å². The highest BCUT2D eigenvalue weighted by molar-refractivity contribution is 5.98. The largest absolute Gasteiger partial charge is 0.371 e. The second-order valence-electron chi connectivity index (χ2n) is 5.42. The van der Waals surface area contributed by atoms with Crippen molar-refractivity contribution < 1.29 is 0 Å². The van der Waals surface area contributed by atoms with Crippen LogP contribution in [0.1, 0.15) is 12.0 Å². The molecule has 0 unspecified atom stereocenters. The molecule has 1 aliphatic rings. The van der Waals surface area contributed by atoms with Crippen LogP contribution in [0.25, 0.3) is 10.8 Å². The average Bonchev–Trinajstić information content (AvgIpc) is 2.54. The zero-order valence-corrected chi connectivity index (χ0v) is 12.4. The number of nitrogens with zero attached hydrogens (tertiary/aromatic N) is 5. The van der Waals surface area contributed by atoms with E-state index >= 15 is 0 Å². The molecule has 1 N–H and O–H groups in total. The van der Waals surface area contributed by atoms with Gasteiger partial charge in [0.1, 0.15) is 18.0 Å². The van der Waals surface area contributed by atoms with Crippen LogP contribution in [0.2, 0.25) is 0 Å². The standard InChI is InChI=1S/C17H14N6/c18-9-12-2-3-15(23-6-1-7-23)14-10-20-17(8-13(12)14)22-16-4-5-19-11-21-16/h2-5,8,10-11H,1,6-7H2,(H,19,20,21,22). The van der Waals surface area contributed by atoms with Crippen molar-refractivity contribution in [1.29, 1.82) is 5.26 Å². The molecule has 112 valence electrons. The Bertz CT molecular complexity index is 896. The molecule has 4 rings (SSSR count). The fourth-order valence-corrected chi connectivity index (χ4v) is 2.72. The summed E-state index contributed by atoms with van der Waals surface area (Å²) in [6.45, 7) is 2.11. The summed E-state index contributed by atoms with van der Waals surface area (Å²) in [4.78, 5) is 14.8. The topological polar surface area (TPSA) is 77.7 Å². The third kappa shape index (κ3) is 2.42. The Kier molecular flexibility index (Phi) is 3.24. The normalized spacial score (nSPS) is 13.4. The Morgan fingerprint density at radius 1 is 1.09 bits per heavy atom. The lowest BCUT2D eigenvalue weighted by Gasteiger charge is -2.34. The summed E-state index contributed by atoms with van der Waals surface area (Å²) in [6.07, 6.45) is 6.18. The molecule has 0 spiro atoms. The predicted molar refractivity (Wildman–Crippen MR) is 88.6 cm³/mol. The minimum absolute atomic E-state index is 0.650. The van der Waals surface area contributed by atoms with Crippen molar-refractivity contribution in [2.45, 2.75) is 6.42 Å². The van der Waals surface area contributed by atoms with Gasteiger partial charge in [0.2, 0.25) is 0 Å². The Hall–Kier alpha value is -3.20. The number of anilines is 3. The van der Waals surface area contributed by atoms with Crippen molar-refractivity contribution in [3.05, 3.63) is 48.5 Å². The number of nitriles is 1. The third-order valence-electron chi connectivity index (χ3n) is 4.03. The quantitative estimate of drug-likeness (QED) is 0.801. The van der Waals surface area contributed by atoms with Crippen molar-refractivity contribution in [3.63, 3.8) is 0 Å². The minimum atomic E-state index is 0.650. The van der Waals surface area contributed by atoms with Crippen LogP contribution in [0.4, 0.5) is 17.3 Å². The van der Waals surface area contributed by atoms with Crippen LogP contribution < -0.4 is 10.2 Å². The number of hydrogen-bond donors (Lipinski definition) is 1. The molecule has 0 aliphatic carbocycles. The predicted octanol–water partition coefficient (Wildman–Crippen LogP) is 2.85. The maximum absolute atomic E-state index is 9.39. The lowest BCUT2D eigenvalue weighted by Crippen LogP contribution is -2.37. The molecule has 0 amide bonds. The maximum atomic E-state index is 9.39. The van der Waals surface area contributed by atoms with Crippen molar-refractivity contribution in [3.8, 4) is 6.07 Å². The molecular weight excluding hydrogens is 288 g/mol. The zero-order valence-electron chi connectivity index (χ0n) is 12.4. The first kappa shape index (κ1) is 13.5. The first-order valence-corrected chi connectivity index (χ1v) is 7.46. The van der Waals surface area contributed by atoms with E-state index in [1.807, 2.05) is 24.4 Å². The maximum Gasteiger partial charge on any atom is 0.134 e. The molecule has 0 saturated carbocycles. The first-order chi connectivity index (χ1) is 11.3. The van der Waals surface area contributed by atoms with Gasteiger partial charge in [-0.2, -0.15) is 5.26 Å². The summed E-state index contributed by atoms with van der Waals surface area (Å²) in [6, 6.07) is 9.83. The summed E-state index contributed by atoms with van der Waals surface area (Å²) in [5.74, 6) is 1.33. The van der Waals surface area contributed by atoms with Crippen LogP contribution in [0.3, 0.4) is 0 Å². The SMILES string of the molecule is N#Cc1ccc(N2CCC2)c2cnc(Nc3ccncn3)cc12. The van der Waals surface area contributed by atoms with Crippen molar-refractivity contribution in [1.82, 2.24) is 15.0 Å². The van der Waals surface area contributed by atoms with Gasteiger partial charge in [0, 0.05) is 41.9 Å². The van der Waals surface area contributed by atoms with E-state index in [1.165, 1.54) is 12.7 Å². The smallest absolute Gasteiger partial charge is 0.134 e. The number of fused-ring (bicyclic) bond motifs is 1. The minimum Gasteiger partial charge on any atom is -0.371 e. The highest BCUT2D eigenvalue weighted by Crippen LogP contribution is 2.32. The number of benzene rings is 1. The Labute approximate surface area is 133 Å². The lowest BCUT2D eigenvalue weighted by atomic mass is 10.0. The van der Waals surface area contributed by atoms with Gasteiger partial charge in [-0.15, -0.1) is 0 Å². The van der Waals surface area contributed by atoms with Gasteiger partial charge in [0.25, 0.3) is 0 Å². The van der Waals surface area contributed by atoms with E-state index in [0.29, 0.717) is 17.2 Å². The molecule has 1 aliphatic heterocycles. The molecule has 23 heavy (non-hydrogen) atoms. The second kappa shape index (κ2) is 5.54. The number of nitrogens with one attached hydrogen (secondary N) is 1. The summed E-state index contributed by atoms with van der Waals surface area (Å²) in [7, 11) is 0. The fourth-order valence-electron chi connectivity index (χ4n) is 2.72. The van der Waals surface area contributed by atoms with Crippen LogP contribution >= 0.6 is 0 Å². The number of aromatic nitrogens is 3. The third-order valence-corrected chi connectivity index (χ3v) is 4.03. The highest BCUT2D eigenvalue weighted by Gasteiger charge is 2.18. The summed E-state index contributed by atoms with van der Waals surface area (Å²) >= 11 is 0. The molecule has 3 heterocycles. The molecule has 3 aromatic rings. The van der Waals surface area contributed by atoms with Gasteiger partial charge in [-0.3, -0.25) is 0 Å². The Morgan fingerprint density at radius 2 is 2.00 bits per heavy atom. The van der Waals surface area contributed by atoms with Crippen molar-refractivity contribution in [2.24, 2.45) is 0 Å². The van der Waals surface area contributed by atoms with E-state index in [2.05, 4.69) is 31.2 Å². The van der Waals surface area contributed by atoms with E-state index in [-0.39, 0.29) is 0 Å². The summed E-state index contributed by atoms with van der Waals surface area (Å²) in [5.41, 5.74) is 1.80. The van der Waals surface area contributed by atoms with Gasteiger partial charge in [-0.05, 0) is 30.7 Å². The Morgan fingerprint density at radius 3 is 2.70 bits per heavy atom. The highest BCUT2D eigenvalue weighted by atomic mass is 15.2.